The summed E-state index contributed by atoms with van der Waals surface area (Å²) >= 11 is 1.73. The van der Waals surface area contributed by atoms with Gasteiger partial charge in [0.15, 0.2) is 6.29 Å². The van der Waals surface area contributed by atoms with Crippen molar-refractivity contribution in [2.24, 2.45) is 0 Å². The number of benzene rings is 1. The average molecular weight is 265 g/mol. The van der Waals surface area contributed by atoms with Gasteiger partial charge >= 0.3 is 0 Å². The van der Waals surface area contributed by atoms with E-state index in [-0.39, 0.29) is 0 Å². The van der Waals surface area contributed by atoms with Crippen molar-refractivity contribution in [1.29, 1.82) is 0 Å². The lowest BCUT2D eigenvalue weighted by Crippen LogP contribution is -2.23. The molecule has 0 radical (unpaired) electrons. The van der Waals surface area contributed by atoms with Crippen LogP contribution >= 0.6 is 11.3 Å². The van der Waals surface area contributed by atoms with Crippen LogP contribution in [0.1, 0.15) is 5.56 Å². The van der Waals surface area contributed by atoms with E-state index < -0.39 is 6.29 Å². The molecule has 1 aromatic heterocycles. The normalized spacial score (nSPS) is 13.3. The molecule has 1 aromatic carbocycles. The Morgan fingerprint density at radius 2 is 2.17 bits per heavy atom. The van der Waals surface area contributed by atoms with Crippen LogP contribution in [0.4, 0.5) is 0 Å². The molecule has 0 saturated heterocycles. The van der Waals surface area contributed by atoms with Gasteiger partial charge in [-0.25, -0.2) is 0 Å². The number of likely N-dealkylation sites (N-methyl/N-ethyl adjacent to an activating group) is 1. The van der Waals surface area contributed by atoms with Crippen molar-refractivity contribution in [2.45, 2.75) is 12.7 Å². The number of fused-ring (bicyclic) bond motifs is 1. The number of ether oxygens (including phenoxy) is 1. The van der Waals surface area contributed by atoms with Crippen LogP contribution in [0.25, 0.3) is 10.1 Å². The summed E-state index contributed by atoms with van der Waals surface area (Å²) in [6.07, 6.45) is -0.180. The van der Waals surface area contributed by atoms with Gasteiger partial charge in [-0.05, 0) is 42.6 Å². The Labute approximate surface area is 112 Å². The monoisotopic (exact) mass is 265 g/mol. The van der Waals surface area contributed by atoms with E-state index in [1.807, 2.05) is 19.0 Å². The maximum atomic E-state index is 9.80. The Morgan fingerprint density at radius 1 is 1.33 bits per heavy atom. The molecule has 2 aromatic rings. The van der Waals surface area contributed by atoms with E-state index in [4.69, 9.17) is 4.74 Å². The van der Waals surface area contributed by atoms with Crippen LogP contribution in [-0.2, 0) is 11.2 Å². The fourth-order valence-electron chi connectivity index (χ4n) is 1.77. The topological polar surface area (TPSA) is 32.7 Å². The van der Waals surface area contributed by atoms with E-state index in [9.17, 15) is 5.11 Å². The van der Waals surface area contributed by atoms with Gasteiger partial charge in [0.1, 0.15) is 0 Å². The molecule has 1 N–H and O–H groups in total. The van der Waals surface area contributed by atoms with Crippen LogP contribution < -0.4 is 0 Å². The lowest BCUT2D eigenvalue weighted by Gasteiger charge is -2.14. The number of aliphatic hydroxyl groups is 1. The second-order valence-electron chi connectivity index (χ2n) is 4.63. The van der Waals surface area contributed by atoms with Gasteiger partial charge in [-0.3, -0.25) is 0 Å². The van der Waals surface area contributed by atoms with Crippen molar-refractivity contribution >= 4 is 21.4 Å². The SMILES string of the molecule is CN(C)CCOC(O)Cc1ccc2sccc2c1. The molecule has 0 aliphatic carbocycles. The Bertz CT molecular complexity index is 495. The number of rotatable bonds is 6. The summed E-state index contributed by atoms with van der Waals surface area (Å²) < 4.78 is 6.65. The van der Waals surface area contributed by atoms with E-state index in [1.54, 1.807) is 11.3 Å². The van der Waals surface area contributed by atoms with E-state index >= 15 is 0 Å². The zero-order valence-corrected chi connectivity index (χ0v) is 11.6. The summed E-state index contributed by atoms with van der Waals surface area (Å²) in [5.74, 6) is 0. The Balaban J connectivity index is 1.87. The lowest BCUT2D eigenvalue weighted by molar-refractivity contribution is -0.0996. The maximum Gasteiger partial charge on any atom is 0.158 e. The molecule has 1 atom stereocenters. The van der Waals surface area contributed by atoms with Crippen molar-refractivity contribution in [1.82, 2.24) is 4.90 Å². The first-order valence-corrected chi connectivity index (χ1v) is 6.93. The molecular formula is C14H19NO2S. The Morgan fingerprint density at radius 3 is 2.94 bits per heavy atom. The van der Waals surface area contributed by atoms with Gasteiger partial charge in [-0.15, -0.1) is 11.3 Å². The van der Waals surface area contributed by atoms with Crippen molar-refractivity contribution in [3.63, 3.8) is 0 Å². The molecule has 0 aliphatic rings. The van der Waals surface area contributed by atoms with Crippen LogP contribution in [0.3, 0.4) is 0 Å². The van der Waals surface area contributed by atoms with Crippen molar-refractivity contribution in [2.75, 3.05) is 27.2 Å². The fraction of sp³-hybridized carbons (Fsp3) is 0.429. The van der Waals surface area contributed by atoms with Crippen LogP contribution in [0.5, 0.6) is 0 Å². The number of hydrogen-bond acceptors (Lipinski definition) is 4. The summed E-state index contributed by atoms with van der Waals surface area (Å²) in [6.45, 7) is 1.37. The highest BCUT2D eigenvalue weighted by atomic mass is 32.1. The van der Waals surface area contributed by atoms with Crippen LogP contribution in [-0.4, -0.2) is 43.5 Å². The van der Waals surface area contributed by atoms with Crippen molar-refractivity contribution in [3.8, 4) is 0 Å². The van der Waals surface area contributed by atoms with E-state index in [2.05, 4.69) is 29.6 Å². The van der Waals surface area contributed by atoms with Gasteiger partial charge in [-0.1, -0.05) is 12.1 Å². The summed E-state index contributed by atoms with van der Waals surface area (Å²) in [5.41, 5.74) is 1.11. The van der Waals surface area contributed by atoms with Crippen LogP contribution in [0, 0.1) is 0 Å². The average Bonchev–Trinajstić information content (AvgIpc) is 2.75. The molecule has 98 valence electrons. The van der Waals surface area contributed by atoms with Crippen LogP contribution in [0.2, 0.25) is 0 Å². The molecule has 1 heterocycles. The number of thiophene rings is 1. The minimum atomic E-state index is -0.721. The largest absolute Gasteiger partial charge is 0.368 e. The first-order chi connectivity index (χ1) is 8.65. The molecular weight excluding hydrogens is 246 g/mol. The minimum Gasteiger partial charge on any atom is -0.368 e. The second-order valence-corrected chi connectivity index (χ2v) is 5.57. The minimum absolute atomic E-state index is 0.541. The van der Waals surface area contributed by atoms with E-state index in [0.717, 1.165) is 12.1 Å². The predicted molar refractivity (Wildman–Crippen MR) is 76.0 cm³/mol. The molecule has 0 saturated carbocycles. The van der Waals surface area contributed by atoms with Crippen LogP contribution in [0.15, 0.2) is 29.6 Å². The molecule has 0 spiro atoms. The van der Waals surface area contributed by atoms with Gasteiger partial charge in [0, 0.05) is 17.7 Å². The molecule has 0 aliphatic heterocycles. The summed E-state index contributed by atoms with van der Waals surface area (Å²) in [4.78, 5) is 2.03. The number of aliphatic hydroxyl groups excluding tert-OH is 1. The third-order valence-corrected chi connectivity index (χ3v) is 3.67. The quantitative estimate of drug-likeness (QED) is 0.814. The molecule has 2 rings (SSSR count). The van der Waals surface area contributed by atoms with Gasteiger partial charge < -0.3 is 14.7 Å². The second kappa shape index (κ2) is 6.29. The Kier molecular flexibility index (Phi) is 4.72. The summed E-state index contributed by atoms with van der Waals surface area (Å²) in [5, 5.41) is 13.1. The molecule has 0 amide bonds. The van der Waals surface area contributed by atoms with Crippen molar-refractivity contribution < 1.29 is 9.84 Å². The van der Waals surface area contributed by atoms with Gasteiger partial charge in [0.05, 0.1) is 6.61 Å². The van der Waals surface area contributed by atoms with Gasteiger partial charge in [-0.2, -0.15) is 0 Å². The van der Waals surface area contributed by atoms with E-state index in [0.29, 0.717) is 13.0 Å². The first kappa shape index (κ1) is 13.5. The zero-order chi connectivity index (χ0) is 13.0. The molecule has 18 heavy (non-hydrogen) atoms. The first-order valence-electron chi connectivity index (χ1n) is 6.05. The molecule has 1 unspecified atom stereocenters. The lowest BCUT2D eigenvalue weighted by atomic mass is 10.1. The highest BCUT2D eigenvalue weighted by Crippen LogP contribution is 2.22. The third kappa shape index (κ3) is 3.78. The predicted octanol–water partition coefficient (Wildman–Crippen LogP) is 2.34. The Hall–Kier alpha value is -0.940. The fourth-order valence-corrected chi connectivity index (χ4v) is 2.55. The smallest absolute Gasteiger partial charge is 0.158 e. The molecule has 0 fully saturated rings. The number of hydrogen-bond donors (Lipinski definition) is 1. The molecule has 4 heteroatoms. The summed E-state index contributed by atoms with van der Waals surface area (Å²) in [7, 11) is 3.97. The van der Waals surface area contributed by atoms with Crippen molar-refractivity contribution in [3.05, 3.63) is 35.2 Å². The van der Waals surface area contributed by atoms with Gasteiger partial charge in [0.2, 0.25) is 0 Å². The molecule has 3 nitrogen and oxygen atoms in total. The van der Waals surface area contributed by atoms with Gasteiger partial charge in [0.25, 0.3) is 0 Å². The van der Waals surface area contributed by atoms with E-state index in [1.165, 1.54) is 10.1 Å². The summed E-state index contributed by atoms with van der Waals surface area (Å²) in [6, 6.07) is 8.37. The number of nitrogens with zero attached hydrogens (tertiary/aromatic N) is 1. The zero-order valence-electron chi connectivity index (χ0n) is 10.8. The highest BCUT2D eigenvalue weighted by molar-refractivity contribution is 7.17. The standard InChI is InChI=1S/C14H19NO2S/c1-15(2)6-7-17-14(16)10-11-3-4-13-12(9-11)5-8-18-13/h3-5,8-9,14,16H,6-7,10H2,1-2H3. The molecule has 0 bridgehead atoms. The third-order valence-electron chi connectivity index (χ3n) is 2.78. The highest BCUT2D eigenvalue weighted by Gasteiger charge is 2.06. The maximum absolute atomic E-state index is 9.80.